The molecule has 1 fully saturated rings. The zero-order valence-corrected chi connectivity index (χ0v) is 20.3. The van der Waals surface area contributed by atoms with Crippen LogP contribution in [0, 0.1) is 12.8 Å². The van der Waals surface area contributed by atoms with Crippen molar-refractivity contribution in [3.8, 4) is 11.5 Å². The Hall–Kier alpha value is -2.45. The number of amides is 1. The van der Waals surface area contributed by atoms with Gasteiger partial charge in [-0.15, -0.1) is 0 Å². The van der Waals surface area contributed by atoms with Gasteiger partial charge in [0.15, 0.2) is 0 Å². The fraction of sp³-hybridized carbons (Fsp3) is 0.435. The molecule has 32 heavy (non-hydrogen) atoms. The van der Waals surface area contributed by atoms with Gasteiger partial charge in [-0.05, 0) is 55.9 Å². The van der Waals surface area contributed by atoms with Crippen molar-refractivity contribution in [2.24, 2.45) is 5.92 Å². The highest BCUT2D eigenvalue weighted by molar-refractivity contribution is 7.92. The van der Waals surface area contributed by atoms with Crippen LogP contribution >= 0.6 is 11.6 Å². The number of hydrogen-bond donors (Lipinski definition) is 1. The fourth-order valence-corrected chi connectivity index (χ4v) is 5.38. The van der Waals surface area contributed by atoms with E-state index in [9.17, 15) is 13.2 Å². The van der Waals surface area contributed by atoms with Gasteiger partial charge < -0.3 is 14.4 Å². The number of carbonyl (C=O) groups excluding carboxylic acids is 1. The van der Waals surface area contributed by atoms with Crippen molar-refractivity contribution in [1.29, 1.82) is 0 Å². The van der Waals surface area contributed by atoms with Crippen molar-refractivity contribution in [3.05, 3.63) is 46.5 Å². The first-order valence-electron chi connectivity index (χ1n) is 10.5. The Kier molecular flexibility index (Phi) is 7.56. The maximum absolute atomic E-state index is 13.2. The number of rotatable bonds is 6. The number of aryl methyl sites for hydroxylation is 1. The minimum Gasteiger partial charge on any atom is -0.495 e. The van der Waals surface area contributed by atoms with Crippen LogP contribution in [0.2, 0.25) is 5.02 Å². The molecule has 0 aliphatic carbocycles. The van der Waals surface area contributed by atoms with Crippen molar-refractivity contribution >= 4 is 33.2 Å². The third-order valence-corrected chi connectivity index (χ3v) is 7.55. The third kappa shape index (κ3) is 5.30. The molecule has 2 aromatic rings. The number of nitrogens with zero attached hydrogens (tertiary/aromatic N) is 1. The first kappa shape index (κ1) is 24.2. The van der Waals surface area contributed by atoms with E-state index in [1.807, 2.05) is 4.90 Å². The van der Waals surface area contributed by atoms with Gasteiger partial charge in [-0.3, -0.25) is 9.52 Å². The summed E-state index contributed by atoms with van der Waals surface area (Å²) in [4.78, 5) is 14.9. The Morgan fingerprint density at radius 1 is 1.09 bits per heavy atom. The van der Waals surface area contributed by atoms with E-state index in [2.05, 4.69) is 11.6 Å². The molecule has 1 aliphatic rings. The Balaban J connectivity index is 1.92. The molecular weight excluding hydrogens is 452 g/mol. The zero-order chi connectivity index (χ0) is 23.5. The fourth-order valence-electron chi connectivity index (χ4n) is 3.81. The van der Waals surface area contributed by atoms with Crippen LogP contribution in [-0.4, -0.2) is 46.5 Å². The summed E-state index contributed by atoms with van der Waals surface area (Å²) in [6.07, 6.45) is 2.99. The lowest BCUT2D eigenvalue weighted by Gasteiger charge is -2.21. The number of benzene rings is 2. The summed E-state index contributed by atoms with van der Waals surface area (Å²) in [6.45, 7) is 5.24. The smallest absolute Gasteiger partial charge is 0.262 e. The maximum Gasteiger partial charge on any atom is 0.262 e. The third-order valence-electron chi connectivity index (χ3n) is 5.75. The average Bonchev–Trinajstić information content (AvgIpc) is 2.98. The molecule has 3 rings (SSSR count). The monoisotopic (exact) mass is 480 g/mol. The maximum atomic E-state index is 13.2. The summed E-state index contributed by atoms with van der Waals surface area (Å²) in [7, 11) is -1.13. The number of anilines is 1. The van der Waals surface area contributed by atoms with Gasteiger partial charge in [0.1, 0.15) is 11.5 Å². The van der Waals surface area contributed by atoms with Crippen molar-refractivity contribution in [2.75, 3.05) is 32.0 Å². The van der Waals surface area contributed by atoms with Crippen LogP contribution in [0.15, 0.2) is 35.2 Å². The van der Waals surface area contributed by atoms with Gasteiger partial charge in [-0.2, -0.15) is 0 Å². The Labute approximate surface area is 194 Å². The van der Waals surface area contributed by atoms with Crippen molar-refractivity contribution < 1.29 is 22.7 Å². The number of halogens is 1. The quantitative estimate of drug-likeness (QED) is 0.646. The molecule has 1 amide bonds. The molecule has 9 heteroatoms. The molecule has 1 N–H and O–H groups in total. The summed E-state index contributed by atoms with van der Waals surface area (Å²) in [5, 5.41) is 0.238. The van der Waals surface area contributed by atoms with Crippen LogP contribution in [0.25, 0.3) is 0 Å². The van der Waals surface area contributed by atoms with Crippen LogP contribution in [0.1, 0.15) is 42.1 Å². The largest absolute Gasteiger partial charge is 0.495 e. The molecule has 0 radical (unpaired) electrons. The predicted molar refractivity (Wildman–Crippen MR) is 125 cm³/mol. The van der Waals surface area contributed by atoms with Crippen LogP contribution in [0.5, 0.6) is 11.5 Å². The number of sulfonamides is 1. The first-order valence-corrected chi connectivity index (χ1v) is 12.4. The number of ether oxygens (including phenoxy) is 2. The van der Waals surface area contributed by atoms with Crippen molar-refractivity contribution in [1.82, 2.24) is 4.90 Å². The Morgan fingerprint density at radius 3 is 2.50 bits per heavy atom. The summed E-state index contributed by atoms with van der Waals surface area (Å²) in [6, 6.07) is 7.70. The SMILES string of the molecule is COc1cc(OC)c(NS(=O)(=O)c2cc(C(=O)N3CCCC(C)CC3)ccc2C)cc1Cl. The van der Waals surface area contributed by atoms with E-state index in [1.54, 1.807) is 19.1 Å². The van der Waals surface area contributed by atoms with Gasteiger partial charge in [0, 0.05) is 24.7 Å². The molecule has 1 atom stereocenters. The van der Waals surface area contributed by atoms with Gasteiger partial charge in [-0.1, -0.05) is 24.6 Å². The number of hydrogen-bond acceptors (Lipinski definition) is 5. The molecule has 0 spiro atoms. The second-order valence-electron chi connectivity index (χ2n) is 8.10. The molecule has 0 bridgehead atoms. The highest BCUT2D eigenvalue weighted by Gasteiger charge is 2.24. The van der Waals surface area contributed by atoms with Crippen LogP contribution < -0.4 is 14.2 Å². The molecule has 0 saturated carbocycles. The lowest BCUT2D eigenvalue weighted by atomic mass is 10.0. The minimum atomic E-state index is -4.02. The molecule has 1 aliphatic heterocycles. The highest BCUT2D eigenvalue weighted by Crippen LogP contribution is 2.37. The Bertz CT molecular complexity index is 1100. The van der Waals surface area contributed by atoms with Gasteiger partial charge in [0.05, 0.1) is 29.8 Å². The molecule has 1 heterocycles. The number of nitrogens with one attached hydrogen (secondary N) is 1. The second-order valence-corrected chi connectivity index (χ2v) is 10.2. The summed E-state index contributed by atoms with van der Waals surface area (Å²) < 4.78 is 39.5. The van der Waals surface area contributed by atoms with E-state index in [-0.39, 0.29) is 27.3 Å². The molecular formula is C23H29ClN2O5S. The normalized spacial score (nSPS) is 16.9. The standard InChI is InChI=1S/C23H29ClN2O5S/c1-15-6-5-10-26(11-9-15)23(27)17-8-7-16(2)22(12-17)32(28,29)25-19-13-18(24)20(30-3)14-21(19)31-4/h7-8,12-15,25H,5-6,9-11H2,1-4H3. The van der Waals surface area contributed by atoms with Crippen LogP contribution in [0.4, 0.5) is 5.69 Å². The van der Waals surface area contributed by atoms with Gasteiger partial charge in [0.2, 0.25) is 0 Å². The number of methoxy groups -OCH3 is 2. The highest BCUT2D eigenvalue weighted by atomic mass is 35.5. The molecule has 1 saturated heterocycles. The number of carbonyl (C=O) groups is 1. The first-order chi connectivity index (χ1) is 15.2. The van der Waals surface area contributed by atoms with Crippen LogP contribution in [0.3, 0.4) is 0 Å². The van der Waals surface area contributed by atoms with Gasteiger partial charge in [0.25, 0.3) is 15.9 Å². The molecule has 1 unspecified atom stereocenters. The summed E-state index contributed by atoms with van der Waals surface area (Å²) in [5.41, 5.74) is 1.05. The number of likely N-dealkylation sites (tertiary alicyclic amines) is 1. The molecule has 174 valence electrons. The van der Waals surface area contributed by atoms with E-state index in [0.29, 0.717) is 35.9 Å². The van der Waals surface area contributed by atoms with E-state index in [1.165, 1.54) is 32.4 Å². The molecule has 2 aromatic carbocycles. The van der Waals surface area contributed by atoms with Crippen molar-refractivity contribution in [3.63, 3.8) is 0 Å². The zero-order valence-electron chi connectivity index (χ0n) is 18.8. The predicted octanol–water partition coefficient (Wildman–Crippen LogP) is 4.73. The minimum absolute atomic E-state index is 0.0283. The van der Waals surface area contributed by atoms with E-state index < -0.39 is 10.0 Å². The van der Waals surface area contributed by atoms with Gasteiger partial charge in [-0.25, -0.2) is 8.42 Å². The topological polar surface area (TPSA) is 84.9 Å². The lowest BCUT2D eigenvalue weighted by molar-refractivity contribution is 0.0760. The Morgan fingerprint density at radius 2 is 1.81 bits per heavy atom. The summed E-state index contributed by atoms with van der Waals surface area (Å²) >= 11 is 6.18. The lowest BCUT2D eigenvalue weighted by Crippen LogP contribution is -2.32. The van der Waals surface area contributed by atoms with E-state index in [4.69, 9.17) is 21.1 Å². The van der Waals surface area contributed by atoms with E-state index in [0.717, 1.165) is 19.3 Å². The molecule has 7 nitrogen and oxygen atoms in total. The van der Waals surface area contributed by atoms with Crippen LogP contribution in [-0.2, 0) is 10.0 Å². The van der Waals surface area contributed by atoms with E-state index >= 15 is 0 Å². The molecule has 0 aromatic heterocycles. The second kappa shape index (κ2) is 10.0. The van der Waals surface area contributed by atoms with Gasteiger partial charge >= 0.3 is 0 Å². The summed E-state index contributed by atoms with van der Waals surface area (Å²) in [5.74, 6) is 1.05. The van der Waals surface area contributed by atoms with Crippen molar-refractivity contribution in [2.45, 2.75) is 38.0 Å². The average molecular weight is 481 g/mol.